The first kappa shape index (κ1) is 14.0. The third-order valence-corrected chi connectivity index (χ3v) is 3.16. The van der Waals surface area contributed by atoms with E-state index in [1.54, 1.807) is 18.5 Å². The second kappa shape index (κ2) is 6.22. The maximum Gasteiger partial charge on any atom is 0.219 e. The zero-order valence-corrected chi connectivity index (χ0v) is 11.7. The molecule has 0 amide bonds. The predicted octanol–water partition coefficient (Wildman–Crippen LogP) is 3.44. The fraction of sp³-hybridized carbons (Fsp3) is 0.0588. The lowest BCUT2D eigenvalue weighted by Crippen LogP contribution is -1.99. The molecule has 110 valence electrons. The van der Waals surface area contributed by atoms with Gasteiger partial charge < -0.3 is 10.5 Å². The molecule has 22 heavy (non-hydrogen) atoms. The number of benzene rings is 2. The number of rotatable bonds is 4. The third kappa shape index (κ3) is 3.20. The van der Waals surface area contributed by atoms with E-state index >= 15 is 0 Å². The highest BCUT2D eigenvalue weighted by atomic mass is 19.1. The standard InChI is InChI=1S/C17H14FN3O/c18-14-6-7-16(22-11-12-4-2-1-3-5-12)15(8-14)13-9-20-17(19)21-10-13/h1-10H,11H2,(H2,19,20,21). The Kier molecular flexibility index (Phi) is 3.96. The van der Waals surface area contributed by atoms with Gasteiger partial charge in [-0.15, -0.1) is 0 Å². The summed E-state index contributed by atoms with van der Waals surface area (Å²) in [6, 6.07) is 14.1. The van der Waals surface area contributed by atoms with Crippen molar-refractivity contribution in [2.45, 2.75) is 6.61 Å². The summed E-state index contributed by atoms with van der Waals surface area (Å²) in [6.07, 6.45) is 3.10. The van der Waals surface area contributed by atoms with E-state index in [1.807, 2.05) is 30.3 Å². The van der Waals surface area contributed by atoms with E-state index in [0.29, 0.717) is 23.5 Å². The van der Waals surface area contributed by atoms with Gasteiger partial charge in [-0.3, -0.25) is 0 Å². The largest absolute Gasteiger partial charge is 0.488 e. The van der Waals surface area contributed by atoms with E-state index in [-0.39, 0.29) is 11.8 Å². The SMILES string of the molecule is Nc1ncc(-c2cc(F)ccc2OCc2ccccc2)cn1. The molecule has 0 aliphatic heterocycles. The Balaban J connectivity index is 1.89. The third-order valence-electron chi connectivity index (χ3n) is 3.16. The zero-order valence-electron chi connectivity index (χ0n) is 11.7. The van der Waals surface area contributed by atoms with Crippen molar-refractivity contribution >= 4 is 5.95 Å². The van der Waals surface area contributed by atoms with E-state index < -0.39 is 0 Å². The lowest BCUT2D eigenvalue weighted by atomic mass is 10.1. The van der Waals surface area contributed by atoms with Gasteiger partial charge in [0.05, 0.1) is 0 Å². The zero-order chi connectivity index (χ0) is 15.4. The van der Waals surface area contributed by atoms with E-state index in [2.05, 4.69) is 9.97 Å². The number of ether oxygens (including phenoxy) is 1. The first-order chi connectivity index (χ1) is 10.7. The van der Waals surface area contributed by atoms with Gasteiger partial charge in [0.15, 0.2) is 0 Å². The lowest BCUT2D eigenvalue weighted by Gasteiger charge is -2.12. The van der Waals surface area contributed by atoms with Crippen LogP contribution in [0.4, 0.5) is 10.3 Å². The normalized spacial score (nSPS) is 10.4. The summed E-state index contributed by atoms with van der Waals surface area (Å²) in [6.45, 7) is 0.398. The van der Waals surface area contributed by atoms with Gasteiger partial charge in [0.1, 0.15) is 18.2 Å². The van der Waals surface area contributed by atoms with Crippen LogP contribution in [0.1, 0.15) is 5.56 Å². The molecule has 3 rings (SSSR count). The molecule has 4 nitrogen and oxygen atoms in total. The van der Waals surface area contributed by atoms with Crippen LogP contribution in [0, 0.1) is 5.82 Å². The molecule has 0 saturated carbocycles. The number of aromatic nitrogens is 2. The van der Waals surface area contributed by atoms with Gasteiger partial charge in [-0.25, -0.2) is 14.4 Å². The number of halogens is 1. The van der Waals surface area contributed by atoms with Gasteiger partial charge in [-0.05, 0) is 23.8 Å². The first-order valence-electron chi connectivity index (χ1n) is 6.76. The van der Waals surface area contributed by atoms with Gasteiger partial charge >= 0.3 is 0 Å². The van der Waals surface area contributed by atoms with Gasteiger partial charge in [0.25, 0.3) is 0 Å². The van der Waals surface area contributed by atoms with Crippen LogP contribution < -0.4 is 10.5 Å². The van der Waals surface area contributed by atoms with Gasteiger partial charge in [0.2, 0.25) is 5.95 Å². The topological polar surface area (TPSA) is 61.0 Å². The molecule has 0 saturated heterocycles. The predicted molar refractivity (Wildman–Crippen MR) is 82.6 cm³/mol. The molecule has 0 unspecified atom stereocenters. The van der Waals surface area contributed by atoms with Crippen molar-refractivity contribution < 1.29 is 9.13 Å². The molecule has 1 aromatic heterocycles. The highest BCUT2D eigenvalue weighted by Gasteiger charge is 2.09. The van der Waals surface area contributed by atoms with Gasteiger partial charge in [0, 0.05) is 23.5 Å². The molecule has 0 bridgehead atoms. The van der Waals surface area contributed by atoms with E-state index in [9.17, 15) is 4.39 Å². The van der Waals surface area contributed by atoms with Crippen LogP contribution in [-0.4, -0.2) is 9.97 Å². The van der Waals surface area contributed by atoms with Crippen LogP contribution in [0.15, 0.2) is 60.9 Å². The number of nitrogens with zero attached hydrogens (tertiary/aromatic N) is 2. The van der Waals surface area contributed by atoms with E-state index in [4.69, 9.17) is 10.5 Å². The van der Waals surface area contributed by atoms with E-state index in [1.165, 1.54) is 12.1 Å². The van der Waals surface area contributed by atoms with Crippen molar-refractivity contribution in [2.75, 3.05) is 5.73 Å². The smallest absolute Gasteiger partial charge is 0.219 e. The van der Waals surface area contributed by atoms with Crippen molar-refractivity contribution in [3.63, 3.8) is 0 Å². The average Bonchev–Trinajstić information content (AvgIpc) is 2.55. The summed E-state index contributed by atoms with van der Waals surface area (Å²) in [5.74, 6) is 0.393. The average molecular weight is 295 g/mol. The molecule has 0 fully saturated rings. The van der Waals surface area contributed by atoms with Crippen LogP contribution >= 0.6 is 0 Å². The minimum Gasteiger partial charge on any atom is -0.488 e. The second-order valence-electron chi connectivity index (χ2n) is 4.74. The number of anilines is 1. The summed E-state index contributed by atoms with van der Waals surface area (Å²) >= 11 is 0. The highest BCUT2D eigenvalue weighted by molar-refractivity contribution is 5.69. The second-order valence-corrected chi connectivity index (χ2v) is 4.74. The molecule has 3 aromatic rings. The quantitative estimate of drug-likeness (QED) is 0.801. The molecule has 0 radical (unpaired) electrons. The van der Waals surface area contributed by atoms with Crippen LogP contribution in [0.3, 0.4) is 0 Å². The number of nitrogen functional groups attached to an aromatic ring is 1. The van der Waals surface area contributed by atoms with Crippen LogP contribution in [0.2, 0.25) is 0 Å². The monoisotopic (exact) mass is 295 g/mol. The Bertz CT molecular complexity index is 761. The van der Waals surface area contributed by atoms with Crippen LogP contribution in [0.5, 0.6) is 5.75 Å². The Morgan fingerprint density at radius 1 is 1.00 bits per heavy atom. The Labute approximate surface area is 127 Å². The van der Waals surface area contributed by atoms with Crippen LogP contribution in [0.25, 0.3) is 11.1 Å². The molecule has 0 aliphatic rings. The Morgan fingerprint density at radius 2 is 1.73 bits per heavy atom. The molecule has 2 aromatic carbocycles. The summed E-state index contributed by atoms with van der Waals surface area (Å²) in [5.41, 5.74) is 7.76. The molecule has 0 atom stereocenters. The molecule has 5 heteroatoms. The van der Waals surface area contributed by atoms with Crippen molar-refractivity contribution in [3.05, 3.63) is 72.3 Å². The number of hydrogen-bond acceptors (Lipinski definition) is 4. The lowest BCUT2D eigenvalue weighted by molar-refractivity contribution is 0.307. The fourth-order valence-corrected chi connectivity index (χ4v) is 2.07. The molecule has 0 spiro atoms. The molecular formula is C17H14FN3O. The molecule has 2 N–H and O–H groups in total. The first-order valence-corrected chi connectivity index (χ1v) is 6.76. The maximum absolute atomic E-state index is 13.6. The summed E-state index contributed by atoms with van der Waals surface area (Å²) in [5, 5.41) is 0. The Hall–Kier alpha value is -2.95. The number of nitrogens with two attached hydrogens (primary N) is 1. The summed E-state index contributed by atoms with van der Waals surface area (Å²) in [4.78, 5) is 7.87. The van der Waals surface area contributed by atoms with Crippen molar-refractivity contribution in [1.82, 2.24) is 9.97 Å². The summed E-state index contributed by atoms with van der Waals surface area (Å²) < 4.78 is 19.4. The minimum atomic E-state index is -0.348. The van der Waals surface area contributed by atoms with Gasteiger partial charge in [-0.1, -0.05) is 30.3 Å². The minimum absolute atomic E-state index is 0.173. The fourth-order valence-electron chi connectivity index (χ4n) is 2.07. The maximum atomic E-state index is 13.6. The van der Waals surface area contributed by atoms with Crippen LogP contribution in [-0.2, 0) is 6.61 Å². The van der Waals surface area contributed by atoms with Crippen molar-refractivity contribution in [2.24, 2.45) is 0 Å². The van der Waals surface area contributed by atoms with Crippen molar-refractivity contribution in [1.29, 1.82) is 0 Å². The highest BCUT2D eigenvalue weighted by Crippen LogP contribution is 2.30. The molecular weight excluding hydrogens is 281 g/mol. The molecule has 1 heterocycles. The molecule has 0 aliphatic carbocycles. The summed E-state index contributed by atoms with van der Waals surface area (Å²) in [7, 11) is 0. The Morgan fingerprint density at radius 3 is 2.45 bits per heavy atom. The van der Waals surface area contributed by atoms with Gasteiger partial charge in [-0.2, -0.15) is 0 Å². The van der Waals surface area contributed by atoms with E-state index in [0.717, 1.165) is 5.56 Å². The van der Waals surface area contributed by atoms with Crippen molar-refractivity contribution in [3.8, 4) is 16.9 Å². The number of hydrogen-bond donors (Lipinski definition) is 1.